The molecule has 0 amide bonds. The summed E-state index contributed by atoms with van der Waals surface area (Å²) in [6.45, 7) is 1.55. The standard InChI is InChI=1S/C11H14FNO2/c12-9-3-4-10-11(15-7-6-14-10)8(9)2-1-5-13/h3-4H,1-2,5-7,13H2. The Balaban J connectivity index is 2.32. The summed E-state index contributed by atoms with van der Waals surface area (Å²) >= 11 is 0. The van der Waals surface area contributed by atoms with E-state index in [4.69, 9.17) is 15.2 Å². The van der Waals surface area contributed by atoms with Gasteiger partial charge in [0.2, 0.25) is 0 Å². The zero-order valence-corrected chi connectivity index (χ0v) is 8.46. The molecule has 0 aliphatic carbocycles. The molecule has 1 aliphatic rings. The lowest BCUT2D eigenvalue weighted by Crippen LogP contribution is -2.17. The van der Waals surface area contributed by atoms with Crippen molar-refractivity contribution in [2.75, 3.05) is 19.8 Å². The Kier molecular flexibility index (Phi) is 3.06. The van der Waals surface area contributed by atoms with E-state index in [-0.39, 0.29) is 5.82 Å². The highest BCUT2D eigenvalue weighted by atomic mass is 19.1. The second kappa shape index (κ2) is 4.49. The average molecular weight is 211 g/mol. The molecule has 1 heterocycles. The number of benzene rings is 1. The van der Waals surface area contributed by atoms with Crippen LogP contribution in [-0.2, 0) is 6.42 Å². The van der Waals surface area contributed by atoms with E-state index in [1.807, 2.05) is 0 Å². The van der Waals surface area contributed by atoms with E-state index in [0.717, 1.165) is 6.42 Å². The first-order chi connectivity index (χ1) is 7.33. The molecule has 3 nitrogen and oxygen atoms in total. The normalized spacial score (nSPS) is 14.0. The minimum absolute atomic E-state index is 0.243. The summed E-state index contributed by atoms with van der Waals surface area (Å²) in [5, 5.41) is 0. The maximum absolute atomic E-state index is 13.5. The molecule has 0 bridgehead atoms. The van der Waals surface area contributed by atoms with Crippen molar-refractivity contribution in [2.45, 2.75) is 12.8 Å². The fourth-order valence-electron chi connectivity index (χ4n) is 1.66. The number of hydrogen-bond donors (Lipinski definition) is 1. The van der Waals surface area contributed by atoms with Gasteiger partial charge in [0.1, 0.15) is 19.0 Å². The summed E-state index contributed by atoms with van der Waals surface area (Å²) in [6.07, 6.45) is 1.34. The van der Waals surface area contributed by atoms with Crippen molar-refractivity contribution in [3.8, 4) is 11.5 Å². The third-order valence-corrected chi connectivity index (χ3v) is 2.39. The van der Waals surface area contributed by atoms with Crippen molar-refractivity contribution in [2.24, 2.45) is 5.73 Å². The molecule has 0 aromatic heterocycles. The van der Waals surface area contributed by atoms with Crippen LogP contribution in [-0.4, -0.2) is 19.8 Å². The lowest BCUT2D eigenvalue weighted by molar-refractivity contribution is 0.168. The first-order valence-corrected chi connectivity index (χ1v) is 5.10. The van der Waals surface area contributed by atoms with Gasteiger partial charge in [-0.1, -0.05) is 0 Å². The second-order valence-electron chi connectivity index (χ2n) is 3.44. The first-order valence-electron chi connectivity index (χ1n) is 5.10. The number of halogens is 1. The van der Waals surface area contributed by atoms with E-state index in [2.05, 4.69) is 0 Å². The number of fused-ring (bicyclic) bond motifs is 1. The molecular weight excluding hydrogens is 197 g/mol. The third-order valence-electron chi connectivity index (χ3n) is 2.39. The molecule has 0 spiro atoms. The largest absolute Gasteiger partial charge is 0.486 e. The Bertz CT molecular complexity index is 355. The lowest BCUT2D eigenvalue weighted by Gasteiger charge is -2.21. The van der Waals surface area contributed by atoms with Gasteiger partial charge in [-0.2, -0.15) is 0 Å². The van der Waals surface area contributed by atoms with Crippen molar-refractivity contribution in [1.29, 1.82) is 0 Å². The smallest absolute Gasteiger partial charge is 0.167 e. The molecule has 82 valence electrons. The summed E-state index contributed by atoms with van der Waals surface area (Å²) < 4.78 is 24.3. The van der Waals surface area contributed by atoms with Gasteiger partial charge in [0.05, 0.1) is 0 Å². The van der Waals surface area contributed by atoms with Gasteiger partial charge in [-0.05, 0) is 31.5 Å². The highest BCUT2D eigenvalue weighted by molar-refractivity contribution is 5.48. The zero-order valence-electron chi connectivity index (χ0n) is 8.46. The summed E-state index contributed by atoms with van der Waals surface area (Å²) in [5.74, 6) is 0.942. The Labute approximate surface area is 88.0 Å². The van der Waals surface area contributed by atoms with Crippen molar-refractivity contribution < 1.29 is 13.9 Å². The van der Waals surface area contributed by atoms with Gasteiger partial charge in [-0.3, -0.25) is 0 Å². The van der Waals surface area contributed by atoms with Gasteiger partial charge < -0.3 is 15.2 Å². The monoisotopic (exact) mass is 211 g/mol. The number of hydrogen-bond acceptors (Lipinski definition) is 3. The van der Waals surface area contributed by atoms with E-state index in [1.54, 1.807) is 6.07 Å². The highest BCUT2D eigenvalue weighted by Gasteiger charge is 2.18. The fraction of sp³-hybridized carbons (Fsp3) is 0.455. The maximum Gasteiger partial charge on any atom is 0.167 e. The topological polar surface area (TPSA) is 44.5 Å². The number of rotatable bonds is 3. The van der Waals surface area contributed by atoms with Crippen molar-refractivity contribution >= 4 is 0 Å². The number of ether oxygens (including phenoxy) is 2. The lowest BCUT2D eigenvalue weighted by atomic mass is 10.1. The minimum atomic E-state index is -0.243. The molecular formula is C11H14FNO2. The van der Waals surface area contributed by atoms with Gasteiger partial charge in [0.25, 0.3) is 0 Å². The van der Waals surface area contributed by atoms with E-state index in [9.17, 15) is 4.39 Å². The molecule has 0 atom stereocenters. The molecule has 0 saturated carbocycles. The van der Waals surface area contributed by atoms with Gasteiger partial charge >= 0.3 is 0 Å². The van der Waals surface area contributed by atoms with Crippen LogP contribution in [0.1, 0.15) is 12.0 Å². The third kappa shape index (κ3) is 2.04. The first kappa shape index (κ1) is 10.2. The van der Waals surface area contributed by atoms with E-state index < -0.39 is 0 Å². The van der Waals surface area contributed by atoms with Gasteiger partial charge in [-0.25, -0.2) is 4.39 Å². The van der Waals surface area contributed by atoms with Crippen LogP contribution in [0.3, 0.4) is 0 Å². The Morgan fingerprint density at radius 1 is 1.27 bits per heavy atom. The molecule has 1 aliphatic heterocycles. The molecule has 0 radical (unpaired) electrons. The molecule has 1 aromatic rings. The summed E-state index contributed by atoms with van der Waals surface area (Å²) in [4.78, 5) is 0. The highest BCUT2D eigenvalue weighted by Crippen LogP contribution is 2.35. The van der Waals surface area contributed by atoms with Crippen LogP contribution in [0.4, 0.5) is 4.39 Å². The SMILES string of the molecule is NCCCc1c(F)ccc2c1OCCO2. The molecule has 1 aromatic carbocycles. The van der Waals surface area contributed by atoms with Crippen LogP contribution >= 0.6 is 0 Å². The van der Waals surface area contributed by atoms with Crippen LogP contribution in [0.15, 0.2) is 12.1 Å². The molecule has 15 heavy (non-hydrogen) atoms. The van der Waals surface area contributed by atoms with Crippen LogP contribution in [0.5, 0.6) is 11.5 Å². The molecule has 0 fully saturated rings. The van der Waals surface area contributed by atoms with E-state index in [0.29, 0.717) is 43.2 Å². The van der Waals surface area contributed by atoms with E-state index in [1.165, 1.54) is 6.07 Å². The Morgan fingerprint density at radius 2 is 2.07 bits per heavy atom. The van der Waals surface area contributed by atoms with Crippen LogP contribution in [0.25, 0.3) is 0 Å². The predicted molar refractivity (Wildman–Crippen MR) is 54.8 cm³/mol. The maximum atomic E-state index is 13.5. The average Bonchev–Trinajstić information content (AvgIpc) is 2.28. The molecule has 2 N–H and O–H groups in total. The fourth-order valence-corrected chi connectivity index (χ4v) is 1.66. The predicted octanol–water partition coefficient (Wildman–Crippen LogP) is 1.49. The summed E-state index contributed by atoms with van der Waals surface area (Å²) in [7, 11) is 0. The number of nitrogens with two attached hydrogens (primary N) is 1. The van der Waals surface area contributed by atoms with Gasteiger partial charge in [-0.15, -0.1) is 0 Å². The van der Waals surface area contributed by atoms with Crippen LogP contribution in [0.2, 0.25) is 0 Å². The molecule has 4 heteroatoms. The van der Waals surface area contributed by atoms with Crippen LogP contribution < -0.4 is 15.2 Å². The Hall–Kier alpha value is -1.29. The Morgan fingerprint density at radius 3 is 2.87 bits per heavy atom. The minimum Gasteiger partial charge on any atom is -0.486 e. The van der Waals surface area contributed by atoms with Gasteiger partial charge in [0, 0.05) is 5.56 Å². The van der Waals surface area contributed by atoms with Gasteiger partial charge in [0.15, 0.2) is 11.5 Å². The molecule has 2 rings (SSSR count). The molecule has 0 unspecified atom stereocenters. The van der Waals surface area contributed by atoms with Crippen molar-refractivity contribution in [1.82, 2.24) is 0 Å². The summed E-state index contributed by atoms with van der Waals surface area (Å²) in [5.41, 5.74) is 5.99. The quantitative estimate of drug-likeness (QED) is 0.823. The van der Waals surface area contributed by atoms with E-state index >= 15 is 0 Å². The second-order valence-corrected chi connectivity index (χ2v) is 3.44. The van der Waals surface area contributed by atoms with Crippen molar-refractivity contribution in [3.05, 3.63) is 23.5 Å². The summed E-state index contributed by atoms with van der Waals surface area (Å²) in [6, 6.07) is 3.02. The molecule has 0 saturated heterocycles. The zero-order chi connectivity index (χ0) is 10.7. The van der Waals surface area contributed by atoms with Crippen molar-refractivity contribution in [3.63, 3.8) is 0 Å². The van der Waals surface area contributed by atoms with Crippen LogP contribution in [0, 0.1) is 5.82 Å².